The first-order valence-electron chi connectivity index (χ1n) is 5.10. The second kappa shape index (κ2) is 6.35. The Morgan fingerprint density at radius 2 is 2.40 bits per heavy atom. The van der Waals surface area contributed by atoms with Gasteiger partial charge in [0.05, 0.1) is 6.21 Å². The molecule has 0 saturated heterocycles. The highest BCUT2D eigenvalue weighted by molar-refractivity contribution is 7.13. The molecule has 1 aromatic rings. The molecule has 1 rings (SSSR count). The maximum atomic E-state index is 11.2. The number of aryl methyl sites for hydroxylation is 1. The van der Waals surface area contributed by atoms with Crippen LogP contribution in [0.5, 0.6) is 0 Å². The molecule has 0 aliphatic heterocycles. The van der Waals surface area contributed by atoms with Crippen LogP contribution in [0.3, 0.4) is 0 Å². The number of thiophene rings is 1. The van der Waals surface area contributed by atoms with Crippen molar-refractivity contribution >= 4 is 23.5 Å². The number of amides is 1. The van der Waals surface area contributed by atoms with Gasteiger partial charge >= 0.3 is 0 Å². The molecule has 0 atom stereocenters. The molecule has 4 heteroatoms. The fourth-order valence-corrected chi connectivity index (χ4v) is 1.83. The minimum absolute atomic E-state index is 0.0126. The summed E-state index contributed by atoms with van der Waals surface area (Å²) in [7, 11) is 0. The van der Waals surface area contributed by atoms with Gasteiger partial charge in [-0.3, -0.25) is 4.79 Å². The van der Waals surface area contributed by atoms with Crippen LogP contribution in [0.2, 0.25) is 0 Å². The van der Waals surface area contributed by atoms with Crippen molar-refractivity contribution in [1.29, 1.82) is 0 Å². The third kappa shape index (κ3) is 4.74. The number of unbranched alkanes of at least 4 members (excludes halogenated alkanes) is 1. The van der Waals surface area contributed by atoms with Gasteiger partial charge in [0.1, 0.15) is 0 Å². The van der Waals surface area contributed by atoms with E-state index in [9.17, 15) is 4.79 Å². The van der Waals surface area contributed by atoms with E-state index < -0.39 is 0 Å². The number of nitrogens with zero attached hydrogens (tertiary/aromatic N) is 1. The van der Waals surface area contributed by atoms with Crippen molar-refractivity contribution in [3.63, 3.8) is 0 Å². The summed E-state index contributed by atoms with van der Waals surface area (Å²) in [6.07, 6.45) is 4.18. The molecule has 0 aliphatic rings. The Hall–Kier alpha value is -1.16. The molecule has 15 heavy (non-hydrogen) atoms. The third-order valence-electron chi connectivity index (χ3n) is 1.90. The Morgan fingerprint density at radius 3 is 3.00 bits per heavy atom. The standard InChI is InChI=1S/C11H16N2OS/c1-3-4-5-11(14)13-12-8-10-7-6-9(2)15-10/h6-8H,3-5H2,1-2H3,(H,13,14)/b12-8+. The van der Waals surface area contributed by atoms with Crippen LogP contribution < -0.4 is 5.43 Å². The summed E-state index contributed by atoms with van der Waals surface area (Å²) in [5, 5.41) is 3.89. The molecule has 1 heterocycles. The number of rotatable bonds is 5. The van der Waals surface area contributed by atoms with Crippen molar-refractivity contribution in [3.05, 3.63) is 21.9 Å². The van der Waals surface area contributed by atoms with Crippen molar-refractivity contribution < 1.29 is 4.79 Å². The lowest BCUT2D eigenvalue weighted by Crippen LogP contribution is -2.16. The lowest BCUT2D eigenvalue weighted by Gasteiger charge is -1.96. The lowest BCUT2D eigenvalue weighted by molar-refractivity contribution is -0.121. The van der Waals surface area contributed by atoms with Gasteiger partial charge in [0.2, 0.25) is 5.91 Å². The summed E-state index contributed by atoms with van der Waals surface area (Å²) in [6, 6.07) is 4.02. The highest BCUT2D eigenvalue weighted by atomic mass is 32.1. The molecule has 82 valence electrons. The average Bonchev–Trinajstić information content (AvgIpc) is 2.61. The Balaban J connectivity index is 2.30. The van der Waals surface area contributed by atoms with Gasteiger partial charge in [-0.2, -0.15) is 5.10 Å². The molecular weight excluding hydrogens is 208 g/mol. The Morgan fingerprint density at radius 1 is 1.60 bits per heavy atom. The van der Waals surface area contributed by atoms with Crippen molar-refractivity contribution in [2.24, 2.45) is 5.10 Å². The maximum absolute atomic E-state index is 11.2. The van der Waals surface area contributed by atoms with Crippen LogP contribution in [-0.4, -0.2) is 12.1 Å². The van der Waals surface area contributed by atoms with Gasteiger partial charge in [0, 0.05) is 16.2 Å². The van der Waals surface area contributed by atoms with Crippen molar-refractivity contribution in [2.45, 2.75) is 33.1 Å². The number of carbonyl (C=O) groups excluding carboxylic acids is 1. The normalized spacial score (nSPS) is 10.8. The molecule has 0 saturated carbocycles. The van der Waals surface area contributed by atoms with Crippen molar-refractivity contribution in [1.82, 2.24) is 5.43 Å². The van der Waals surface area contributed by atoms with Crippen LogP contribution in [0.15, 0.2) is 17.2 Å². The van der Waals surface area contributed by atoms with Crippen molar-refractivity contribution in [3.8, 4) is 0 Å². The number of carbonyl (C=O) groups is 1. The molecule has 0 aliphatic carbocycles. The maximum Gasteiger partial charge on any atom is 0.240 e. The number of hydrazone groups is 1. The first kappa shape index (κ1) is 11.9. The van der Waals surface area contributed by atoms with E-state index in [1.807, 2.05) is 19.1 Å². The van der Waals surface area contributed by atoms with E-state index in [-0.39, 0.29) is 5.91 Å². The SMILES string of the molecule is CCCCC(=O)N/N=C/c1ccc(C)s1. The summed E-state index contributed by atoms with van der Waals surface area (Å²) in [6.45, 7) is 4.10. The van der Waals surface area contributed by atoms with Crippen LogP contribution in [-0.2, 0) is 4.79 Å². The Kier molecular flexibility index (Phi) is 5.04. The Labute approximate surface area is 94.2 Å². The molecule has 0 fully saturated rings. The molecule has 0 bridgehead atoms. The summed E-state index contributed by atoms with van der Waals surface area (Å²) >= 11 is 1.66. The second-order valence-corrected chi connectivity index (χ2v) is 4.66. The van der Waals surface area contributed by atoms with Gasteiger partial charge in [-0.25, -0.2) is 5.43 Å². The Bertz CT molecular complexity index is 344. The van der Waals surface area contributed by atoms with Crippen LogP contribution in [0.25, 0.3) is 0 Å². The first-order valence-corrected chi connectivity index (χ1v) is 5.92. The second-order valence-electron chi connectivity index (χ2n) is 3.35. The van der Waals surface area contributed by atoms with Gasteiger partial charge in [-0.05, 0) is 25.5 Å². The van der Waals surface area contributed by atoms with Gasteiger partial charge in [-0.1, -0.05) is 13.3 Å². The van der Waals surface area contributed by atoms with Crippen LogP contribution in [0, 0.1) is 6.92 Å². The molecule has 0 radical (unpaired) electrons. The highest BCUT2D eigenvalue weighted by Crippen LogP contribution is 2.12. The summed E-state index contributed by atoms with van der Waals surface area (Å²) in [4.78, 5) is 13.5. The molecule has 1 amide bonds. The van der Waals surface area contributed by atoms with Gasteiger partial charge in [0.25, 0.3) is 0 Å². The minimum atomic E-state index is -0.0126. The van der Waals surface area contributed by atoms with Crippen LogP contribution in [0.1, 0.15) is 35.9 Å². The van der Waals surface area contributed by atoms with Crippen LogP contribution in [0.4, 0.5) is 0 Å². The highest BCUT2D eigenvalue weighted by Gasteiger charge is 1.97. The van der Waals surface area contributed by atoms with Gasteiger partial charge < -0.3 is 0 Å². The monoisotopic (exact) mass is 224 g/mol. The quantitative estimate of drug-likeness (QED) is 0.606. The predicted octanol–water partition coefficient (Wildman–Crippen LogP) is 2.70. The van der Waals surface area contributed by atoms with E-state index >= 15 is 0 Å². The fourth-order valence-electron chi connectivity index (χ4n) is 1.08. The smallest absolute Gasteiger partial charge is 0.240 e. The van der Waals surface area contributed by atoms with E-state index in [1.165, 1.54) is 4.88 Å². The van der Waals surface area contributed by atoms with E-state index in [0.29, 0.717) is 6.42 Å². The fraction of sp³-hybridized carbons (Fsp3) is 0.455. The largest absolute Gasteiger partial charge is 0.273 e. The number of nitrogens with one attached hydrogen (secondary N) is 1. The van der Waals surface area contributed by atoms with E-state index in [0.717, 1.165) is 17.7 Å². The zero-order valence-electron chi connectivity index (χ0n) is 9.12. The number of hydrogen-bond donors (Lipinski definition) is 1. The molecule has 3 nitrogen and oxygen atoms in total. The zero-order valence-corrected chi connectivity index (χ0v) is 9.93. The zero-order chi connectivity index (χ0) is 11.1. The molecule has 0 unspecified atom stereocenters. The molecule has 0 spiro atoms. The third-order valence-corrected chi connectivity index (χ3v) is 2.83. The summed E-state index contributed by atoms with van der Waals surface area (Å²) in [5.41, 5.74) is 2.51. The minimum Gasteiger partial charge on any atom is -0.273 e. The summed E-state index contributed by atoms with van der Waals surface area (Å²) < 4.78 is 0. The van der Waals surface area contributed by atoms with E-state index in [4.69, 9.17) is 0 Å². The first-order chi connectivity index (χ1) is 7.22. The van der Waals surface area contributed by atoms with E-state index in [1.54, 1.807) is 17.6 Å². The number of hydrogen-bond acceptors (Lipinski definition) is 3. The van der Waals surface area contributed by atoms with Gasteiger partial charge in [-0.15, -0.1) is 11.3 Å². The predicted molar refractivity (Wildman–Crippen MR) is 64.3 cm³/mol. The average molecular weight is 224 g/mol. The molecule has 1 N–H and O–H groups in total. The molecule has 0 aromatic carbocycles. The lowest BCUT2D eigenvalue weighted by atomic mass is 10.2. The van der Waals surface area contributed by atoms with Crippen LogP contribution >= 0.6 is 11.3 Å². The summed E-state index contributed by atoms with van der Waals surface area (Å²) in [5.74, 6) is -0.0126. The topological polar surface area (TPSA) is 41.5 Å². The van der Waals surface area contributed by atoms with Crippen molar-refractivity contribution in [2.75, 3.05) is 0 Å². The molecule has 1 aromatic heterocycles. The molecular formula is C11H16N2OS. The van der Waals surface area contributed by atoms with Gasteiger partial charge in [0.15, 0.2) is 0 Å². The van der Waals surface area contributed by atoms with E-state index in [2.05, 4.69) is 17.5 Å².